The molecule has 9 heteroatoms. The Balaban J connectivity index is 1.32. The Bertz CT molecular complexity index is 1340. The molecule has 3 atom stereocenters. The monoisotopic (exact) mass is 520 g/mol. The molecule has 200 valence electrons. The van der Waals surface area contributed by atoms with Crippen molar-refractivity contribution < 1.29 is 23.5 Å². The lowest BCUT2D eigenvalue weighted by atomic mass is 10.0. The van der Waals surface area contributed by atoms with Crippen LogP contribution in [0, 0.1) is 17.7 Å². The highest BCUT2D eigenvalue weighted by molar-refractivity contribution is 6.07. The van der Waals surface area contributed by atoms with Crippen molar-refractivity contribution in [1.82, 2.24) is 20.2 Å². The largest absolute Gasteiger partial charge is 0.478 e. The van der Waals surface area contributed by atoms with Gasteiger partial charge in [0, 0.05) is 48.4 Å². The van der Waals surface area contributed by atoms with Gasteiger partial charge in [-0.25, -0.2) is 19.2 Å². The molecule has 1 saturated carbocycles. The summed E-state index contributed by atoms with van der Waals surface area (Å²) >= 11 is 0. The molecule has 3 aromatic rings. The third-order valence-corrected chi connectivity index (χ3v) is 7.08. The zero-order valence-corrected chi connectivity index (χ0v) is 22.2. The fraction of sp³-hybridized carbons (Fsp3) is 0.448. The third-order valence-electron chi connectivity index (χ3n) is 7.08. The lowest BCUT2D eigenvalue weighted by molar-refractivity contribution is 0.0278. The van der Waals surface area contributed by atoms with Gasteiger partial charge in [0.25, 0.3) is 5.91 Å². The van der Waals surface area contributed by atoms with Crippen LogP contribution in [-0.2, 0) is 4.74 Å². The van der Waals surface area contributed by atoms with E-state index in [1.807, 2.05) is 33.8 Å². The van der Waals surface area contributed by atoms with Crippen molar-refractivity contribution in [2.45, 2.75) is 52.2 Å². The second kappa shape index (κ2) is 10.2. The maximum Gasteiger partial charge on any atom is 0.410 e. The summed E-state index contributed by atoms with van der Waals surface area (Å²) < 4.78 is 25.0. The van der Waals surface area contributed by atoms with Gasteiger partial charge < -0.3 is 19.7 Å². The van der Waals surface area contributed by atoms with E-state index in [4.69, 9.17) is 9.47 Å². The number of carbonyl (C=O) groups is 2. The van der Waals surface area contributed by atoms with E-state index in [0.29, 0.717) is 65.1 Å². The molecule has 1 unspecified atom stereocenters. The van der Waals surface area contributed by atoms with E-state index in [9.17, 15) is 14.0 Å². The molecule has 3 heterocycles. The van der Waals surface area contributed by atoms with Crippen molar-refractivity contribution >= 4 is 22.9 Å². The normalized spacial score (nSPS) is 20.9. The highest BCUT2D eigenvalue weighted by Gasteiger charge is 2.43. The number of benzene rings is 1. The van der Waals surface area contributed by atoms with Crippen LogP contribution in [-0.4, -0.2) is 58.2 Å². The van der Waals surface area contributed by atoms with Crippen LogP contribution < -0.4 is 10.1 Å². The van der Waals surface area contributed by atoms with Gasteiger partial charge in [0.2, 0.25) is 5.88 Å². The van der Waals surface area contributed by atoms with E-state index < -0.39 is 11.4 Å². The molecule has 1 saturated heterocycles. The molecule has 0 bridgehead atoms. The van der Waals surface area contributed by atoms with E-state index in [-0.39, 0.29) is 18.0 Å². The molecule has 1 aliphatic carbocycles. The second-order valence-corrected chi connectivity index (χ2v) is 11.1. The maximum atomic E-state index is 14.1. The van der Waals surface area contributed by atoms with Gasteiger partial charge in [-0.15, -0.1) is 0 Å². The summed E-state index contributed by atoms with van der Waals surface area (Å²) in [5.41, 5.74) is 1.54. The molecule has 1 N–H and O–H groups in total. The highest BCUT2D eigenvalue weighted by atomic mass is 19.1. The van der Waals surface area contributed by atoms with E-state index in [0.717, 1.165) is 12.8 Å². The van der Waals surface area contributed by atoms with Crippen molar-refractivity contribution in [2.75, 3.05) is 19.7 Å². The molecule has 0 spiro atoms. The molecule has 8 nitrogen and oxygen atoms in total. The molecule has 38 heavy (non-hydrogen) atoms. The minimum absolute atomic E-state index is 0.00228. The molecule has 0 radical (unpaired) electrons. The number of nitrogens with one attached hydrogen (secondary N) is 1. The van der Waals surface area contributed by atoms with Crippen LogP contribution in [0.5, 0.6) is 5.88 Å². The first-order valence-corrected chi connectivity index (χ1v) is 13.1. The van der Waals surface area contributed by atoms with Crippen LogP contribution in [0.25, 0.3) is 22.2 Å². The number of ether oxygens (including phenoxy) is 2. The zero-order chi connectivity index (χ0) is 27.0. The fourth-order valence-corrected chi connectivity index (χ4v) is 5.46. The topological polar surface area (TPSA) is 93.7 Å². The van der Waals surface area contributed by atoms with Crippen LogP contribution in [0.4, 0.5) is 9.18 Å². The van der Waals surface area contributed by atoms with Crippen LogP contribution in [0.1, 0.15) is 50.9 Å². The van der Waals surface area contributed by atoms with Crippen LogP contribution in [0.2, 0.25) is 0 Å². The minimum atomic E-state index is -0.526. The number of halogens is 1. The average Bonchev–Trinajstić information content (AvgIpc) is 3.42. The summed E-state index contributed by atoms with van der Waals surface area (Å²) in [6.07, 6.45) is 2.94. The molecule has 2 aromatic heterocycles. The van der Waals surface area contributed by atoms with Crippen LogP contribution in [0.3, 0.4) is 0 Å². The Kier molecular flexibility index (Phi) is 6.94. The van der Waals surface area contributed by atoms with E-state index in [1.165, 1.54) is 12.1 Å². The number of nitrogens with zero attached hydrogens (tertiary/aromatic N) is 3. The number of hydrogen-bond donors (Lipinski definition) is 1. The number of pyridine rings is 2. The van der Waals surface area contributed by atoms with Gasteiger partial charge in [0.15, 0.2) is 0 Å². The number of amides is 2. The lowest BCUT2D eigenvalue weighted by Gasteiger charge is -2.25. The average molecular weight is 521 g/mol. The standard InChI is InChI=1S/C29H33FN4O4/c1-5-37-26-9-6-17(14-31-26)24-13-23(22-8-7-20(30)12-25(22)33-24)27(35)32-21-10-18-15-34(16-19(18)11-21)28(36)38-29(2,3)4/h6-9,12-14,18-19,21H,5,10-11,15-16H2,1-4H3,(H,32,35)/t18-,19+,21?. The Morgan fingerprint density at radius 3 is 2.47 bits per heavy atom. The SMILES string of the molecule is CCOc1ccc(-c2cc(C(=O)NC3C[C@@H]4CN(C(=O)OC(C)(C)C)C[C@@H]4C3)c3ccc(F)cc3n2)cn1. The first kappa shape index (κ1) is 25.9. The molecule has 5 rings (SSSR count). The summed E-state index contributed by atoms with van der Waals surface area (Å²) in [5, 5.41) is 3.77. The predicted molar refractivity (Wildman–Crippen MR) is 141 cm³/mol. The summed E-state index contributed by atoms with van der Waals surface area (Å²) in [6.45, 7) is 9.25. The summed E-state index contributed by atoms with van der Waals surface area (Å²) in [4.78, 5) is 36.7. The Hall–Kier alpha value is -3.75. The molecule has 1 aliphatic heterocycles. The van der Waals surface area contributed by atoms with Gasteiger partial charge in [-0.05, 0) is 76.6 Å². The van der Waals surface area contributed by atoms with Crippen molar-refractivity contribution in [3.05, 3.63) is 54.0 Å². The van der Waals surface area contributed by atoms with E-state index in [1.54, 1.807) is 29.3 Å². The molecule has 2 aliphatic rings. The van der Waals surface area contributed by atoms with Gasteiger partial charge >= 0.3 is 6.09 Å². The van der Waals surface area contributed by atoms with Crippen molar-refractivity contribution in [2.24, 2.45) is 11.8 Å². The first-order chi connectivity index (χ1) is 18.1. The van der Waals surface area contributed by atoms with Gasteiger partial charge in [-0.1, -0.05) is 0 Å². The van der Waals surface area contributed by atoms with Gasteiger partial charge in [-0.3, -0.25) is 4.79 Å². The molecule has 1 aromatic carbocycles. The Morgan fingerprint density at radius 2 is 1.84 bits per heavy atom. The van der Waals surface area contributed by atoms with Crippen molar-refractivity contribution in [1.29, 1.82) is 0 Å². The first-order valence-electron chi connectivity index (χ1n) is 13.1. The third kappa shape index (κ3) is 5.56. The van der Waals surface area contributed by atoms with Crippen molar-refractivity contribution in [3.63, 3.8) is 0 Å². The Labute approximate surface area is 221 Å². The molecular weight excluding hydrogens is 487 g/mol. The second-order valence-electron chi connectivity index (χ2n) is 11.1. The number of fused-ring (bicyclic) bond motifs is 2. The number of hydrogen-bond acceptors (Lipinski definition) is 6. The van der Waals surface area contributed by atoms with Gasteiger partial charge in [0.1, 0.15) is 11.4 Å². The highest BCUT2D eigenvalue weighted by Crippen LogP contribution is 2.39. The van der Waals surface area contributed by atoms with Crippen LogP contribution in [0.15, 0.2) is 42.6 Å². The summed E-state index contributed by atoms with van der Waals surface area (Å²) in [5.74, 6) is 0.496. The lowest BCUT2D eigenvalue weighted by Crippen LogP contribution is -2.38. The van der Waals surface area contributed by atoms with E-state index in [2.05, 4.69) is 15.3 Å². The molecular formula is C29H33FN4O4. The summed E-state index contributed by atoms with van der Waals surface area (Å²) in [7, 11) is 0. The van der Waals surface area contributed by atoms with Gasteiger partial charge in [-0.2, -0.15) is 0 Å². The number of likely N-dealkylation sites (tertiary alicyclic amines) is 1. The fourth-order valence-electron chi connectivity index (χ4n) is 5.46. The number of rotatable bonds is 5. The van der Waals surface area contributed by atoms with E-state index >= 15 is 0 Å². The zero-order valence-electron chi connectivity index (χ0n) is 22.2. The maximum absolute atomic E-state index is 14.1. The smallest absolute Gasteiger partial charge is 0.410 e. The van der Waals surface area contributed by atoms with Crippen LogP contribution >= 0.6 is 0 Å². The Morgan fingerprint density at radius 1 is 1.11 bits per heavy atom. The predicted octanol–water partition coefficient (Wildman–Crippen LogP) is 5.21. The van der Waals surface area contributed by atoms with Gasteiger partial charge in [0.05, 0.1) is 23.4 Å². The number of carbonyl (C=O) groups excluding carboxylic acids is 2. The van der Waals surface area contributed by atoms with Crippen molar-refractivity contribution in [3.8, 4) is 17.1 Å². The molecule has 2 amide bonds. The molecule has 2 fully saturated rings. The quantitative estimate of drug-likeness (QED) is 0.496. The minimum Gasteiger partial charge on any atom is -0.478 e. The summed E-state index contributed by atoms with van der Waals surface area (Å²) in [6, 6.07) is 9.56. The number of aromatic nitrogens is 2.